The third-order valence-electron chi connectivity index (χ3n) is 4.48. The molecule has 0 amide bonds. The molecule has 1 aromatic carbocycles. The lowest BCUT2D eigenvalue weighted by atomic mass is 10.1. The highest BCUT2D eigenvalue weighted by Crippen LogP contribution is 2.29. The molecule has 0 aliphatic rings. The fraction of sp³-hybridized carbons (Fsp3) is 0.182. The van der Waals surface area contributed by atoms with Crippen molar-refractivity contribution in [2.24, 2.45) is 0 Å². The number of benzene rings is 1. The van der Waals surface area contributed by atoms with E-state index in [4.69, 9.17) is 4.74 Å². The smallest absolute Gasteiger partial charge is 0.406 e. The van der Waals surface area contributed by atoms with Crippen molar-refractivity contribution in [3.8, 4) is 17.1 Å². The molecule has 0 fully saturated rings. The Morgan fingerprint density at radius 1 is 0.969 bits per heavy atom. The Morgan fingerprint density at radius 3 is 2.44 bits per heavy atom. The summed E-state index contributed by atoms with van der Waals surface area (Å²) in [6, 6.07) is 12.8. The Morgan fingerprint density at radius 2 is 1.75 bits per heavy atom. The molecule has 32 heavy (non-hydrogen) atoms. The average Bonchev–Trinajstić information content (AvgIpc) is 2.74. The molecular formula is C22H18F3N5O2. The molecular weight excluding hydrogens is 423 g/mol. The Bertz CT molecular complexity index is 1250. The maximum Gasteiger partial charge on any atom is 0.573 e. The van der Waals surface area contributed by atoms with Crippen LogP contribution in [0.1, 0.15) is 11.4 Å². The molecule has 4 rings (SSSR count). The van der Waals surface area contributed by atoms with E-state index < -0.39 is 6.36 Å². The molecule has 0 saturated carbocycles. The van der Waals surface area contributed by atoms with Crippen molar-refractivity contribution >= 4 is 22.5 Å². The van der Waals surface area contributed by atoms with E-state index in [0.717, 1.165) is 11.3 Å². The number of aryl methyl sites for hydroxylation is 1. The molecule has 164 valence electrons. The second-order valence-electron chi connectivity index (χ2n) is 6.86. The van der Waals surface area contributed by atoms with Gasteiger partial charge in [0.05, 0.1) is 16.8 Å². The first-order valence-electron chi connectivity index (χ1n) is 9.54. The molecule has 0 spiro atoms. The van der Waals surface area contributed by atoms with E-state index in [0.29, 0.717) is 34.1 Å². The van der Waals surface area contributed by atoms with Crippen molar-refractivity contribution < 1.29 is 22.6 Å². The van der Waals surface area contributed by atoms with Gasteiger partial charge in [0, 0.05) is 19.0 Å². The second kappa shape index (κ2) is 8.75. The van der Waals surface area contributed by atoms with Crippen LogP contribution in [0.2, 0.25) is 0 Å². The normalized spacial score (nSPS) is 11.5. The molecule has 3 aromatic heterocycles. The van der Waals surface area contributed by atoms with Gasteiger partial charge < -0.3 is 14.8 Å². The lowest BCUT2D eigenvalue weighted by molar-refractivity contribution is -0.274. The first kappa shape index (κ1) is 21.4. The van der Waals surface area contributed by atoms with Gasteiger partial charge in [0.1, 0.15) is 18.2 Å². The van der Waals surface area contributed by atoms with E-state index >= 15 is 0 Å². The summed E-state index contributed by atoms with van der Waals surface area (Å²) < 4.78 is 46.2. The Kier molecular flexibility index (Phi) is 5.87. The molecule has 0 bridgehead atoms. The minimum Gasteiger partial charge on any atom is -0.406 e. The monoisotopic (exact) mass is 441 g/mol. The summed E-state index contributed by atoms with van der Waals surface area (Å²) in [6.07, 6.45) is -3.05. The number of alkyl halides is 3. The minimum atomic E-state index is -4.75. The number of ether oxygens (including phenoxy) is 2. The Labute approximate surface area is 181 Å². The molecule has 4 aromatic rings. The van der Waals surface area contributed by atoms with Crippen LogP contribution >= 0.6 is 0 Å². The molecule has 0 unspecified atom stereocenters. The molecule has 0 atom stereocenters. The molecule has 7 nitrogen and oxygen atoms in total. The first-order valence-corrected chi connectivity index (χ1v) is 9.54. The number of aromatic nitrogens is 4. The predicted molar refractivity (Wildman–Crippen MR) is 112 cm³/mol. The zero-order valence-corrected chi connectivity index (χ0v) is 17.1. The van der Waals surface area contributed by atoms with Crippen LogP contribution in [0.15, 0.2) is 54.7 Å². The van der Waals surface area contributed by atoms with Crippen LogP contribution < -0.4 is 10.1 Å². The van der Waals surface area contributed by atoms with E-state index in [9.17, 15) is 13.2 Å². The van der Waals surface area contributed by atoms with Crippen molar-refractivity contribution in [3.63, 3.8) is 0 Å². The number of halogens is 3. The number of anilines is 2. The number of methoxy groups -OCH3 is 1. The summed E-state index contributed by atoms with van der Waals surface area (Å²) >= 11 is 0. The van der Waals surface area contributed by atoms with Crippen LogP contribution in [0.3, 0.4) is 0 Å². The van der Waals surface area contributed by atoms with Gasteiger partial charge in [-0.05, 0) is 55.0 Å². The zero-order valence-electron chi connectivity index (χ0n) is 17.1. The number of fused-ring (bicyclic) bond motifs is 1. The van der Waals surface area contributed by atoms with Crippen molar-refractivity contribution in [3.05, 3.63) is 66.1 Å². The number of hydrogen-bond acceptors (Lipinski definition) is 7. The van der Waals surface area contributed by atoms with Gasteiger partial charge >= 0.3 is 6.36 Å². The molecule has 0 aliphatic carbocycles. The number of rotatable bonds is 6. The van der Waals surface area contributed by atoms with Gasteiger partial charge in [0.15, 0.2) is 11.5 Å². The number of nitrogens with one attached hydrogen (secondary N) is 1. The Balaban J connectivity index is 1.71. The molecule has 1 N–H and O–H groups in total. The standard InChI is InChI=1S/C22H18F3N5O2/c1-13-4-3-11-26-19(13)17-10-9-16-20(29-18(12-31-2)30-21(16)28-17)27-14-5-7-15(8-6-14)32-22(23,24)25/h3-11H,12H2,1-2H3,(H,27,28,29,30). The number of hydrogen-bond donors (Lipinski definition) is 1. The van der Waals surface area contributed by atoms with E-state index in [-0.39, 0.29) is 12.4 Å². The van der Waals surface area contributed by atoms with E-state index in [1.54, 1.807) is 6.20 Å². The Hall–Kier alpha value is -3.79. The lowest BCUT2D eigenvalue weighted by Crippen LogP contribution is -2.17. The third-order valence-corrected chi connectivity index (χ3v) is 4.48. The summed E-state index contributed by atoms with van der Waals surface area (Å²) in [6.45, 7) is 2.11. The van der Waals surface area contributed by atoms with Gasteiger partial charge in [0.25, 0.3) is 0 Å². The van der Waals surface area contributed by atoms with Crippen molar-refractivity contribution in [2.45, 2.75) is 19.9 Å². The van der Waals surface area contributed by atoms with Crippen LogP contribution in [-0.4, -0.2) is 33.4 Å². The van der Waals surface area contributed by atoms with Crippen LogP contribution in [0.25, 0.3) is 22.4 Å². The van der Waals surface area contributed by atoms with Crippen LogP contribution in [0, 0.1) is 6.92 Å². The number of pyridine rings is 2. The maximum atomic E-state index is 12.4. The number of nitrogens with zero attached hydrogens (tertiary/aromatic N) is 4. The van der Waals surface area contributed by atoms with Gasteiger partial charge in [-0.15, -0.1) is 13.2 Å². The maximum absolute atomic E-state index is 12.4. The first-order chi connectivity index (χ1) is 15.3. The summed E-state index contributed by atoms with van der Waals surface area (Å²) in [5.74, 6) is 0.540. The van der Waals surface area contributed by atoms with E-state index in [2.05, 4.69) is 30.0 Å². The molecule has 0 radical (unpaired) electrons. The fourth-order valence-electron chi connectivity index (χ4n) is 3.11. The molecule has 0 saturated heterocycles. The third kappa shape index (κ3) is 4.92. The summed E-state index contributed by atoms with van der Waals surface area (Å²) in [5.41, 5.74) is 3.35. The quantitative estimate of drug-likeness (QED) is 0.441. The van der Waals surface area contributed by atoms with Crippen LogP contribution in [0.4, 0.5) is 24.7 Å². The van der Waals surface area contributed by atoms with Gasteiger partial charge in [-0.1, -0.05) is 6.07 Å². The van der Waals surface area contributed by atoms with E-state index in [1.807, 2.05) is 31.2 Å². The highest BCUT2D eigenvalue weighted by molar-refractivity contribution is 5.90. The summed E-state index contributed by atoms with van der Waals surface area (Å²) in [5, 5.41) is 3.74. The van der Waals surface area contributed by atoms with Crippen molar-refractivity contribution in [2.75, 3.05) is 12.4 Å². The molecule has 0 aliphatic heterocycles. The second-order valence-corrected chi connectivity index (χ2v) is 6.86. The van der Waals surface area contributed by atoms with Gasteiger partial charge in [-0.2, -0.15) is 0 Å². The van der Waals surface area contributed by atoms with E-state index in [1.165, 1.54) is 31.4 Å². The predicted octanol–water partition coefficient (Wildman–Crippen LogP) is 5.18. The lowest BCUT2D eigenvalue weighted by Gasteiger charge is -2.13. The topological polar surface area (TPSA) is 82.0 Å². The van der Waals surface area contributed by atoms with Gasteiger partial charge in [0.2, 0.25) is 0 Å². The largest absolute Gasteiger partial charge is 0.573 e. The van der Waals surface area contributed by atoms with Crippen molar-refractivity contribution in [1.29, 1.82) is 0 Å². The van der Waals surface area contributed by atoms with Gasteiger partial charge in [-0.3, -0.25) is 4.98 Å². The molecule has 3 heterocycles. The fourth-order valence-corrected chi connectivity index (χ4v) is 3.11. The molecule has 10 heteroatoms. The van der Waals surface area contributed by atoms with Crippen molar-refractivity contribution in [1.82, 2.24) is 19.9 Å². The van der Waals surface area contributed by atoms with Gasteiger partial charge in [-0.25, -0.2) is 15.0 Å². The minimum absolute atomic E-state index is 0.164. The average molecular weight is 441 g/mol. The summed E-state index contributed by atoms with van der Waals surface area (Å²) in [7, 11) is 1.53. The summed E-state index contributed by atoms with van der Waals surface area (Å²) in [4.78, 5) is 18.0. The van der Waals surface area contributed by atoms with Crippen LogP contribution in [-0.2, 0) is 11.3 Å². The van der Waals surface area contributed by atoms with Crippen LogP contribution in [0.5, 0.6) is 5.75 Å². The SMILES string of the molecule is COCc1nc(Nc2ccc(OC(F)(F)F)cc2)c2ccc(-c3ncccc3C)nc2n1. The highest BCUT2D eigenvalue weighted by Gasteiger charge is 2.31. The zero-order chi connectivity index (χ0) is 22.7. The highest BCUT2D eigenvalue weighted by atomic mass is 19.4.